The number of hydrogen-bond acceptors (Lipinski definition) is 3. The number of carbonyl (C=O) groups is 1. The van der Waals surface area contributed by atoms with Crippen LogP contribution < -0.4 is 9.47 Å². The smallest absolute Gasteiger partial charge is 0.180 e. The summed E-state index contributed by atoms with van der Waals surface area (Å²) in [5.74, 6) is 1.49. The van der Waals surface area contributed by atoms with Gasteiger partial charge in [0.25, 0.3) is 0 Å². The Morgan fingerprint density at radius 2 is 1.47 bits per heavy atom. The van der Waals surface area contributed by atoms with Crippen molar-refractivity contribution in [2.24, 2.45) is 0 Å². The van der Waals surface area contributed by atoms with Crippen LogP contribution in [-0.4, -0.2) is 6.29 Å². The first kappa shape index (κ1) is 12.6. The average Bonchev–Trinajstić information content (AvgIpc) is 2.37. The van der Waals surface area contributed by atoms with E-state index in [1.54, 1.807) is 12.1 Å². The number of carbonyl (C=O) groups excluding carboxylic acids is 1. The molecular formula is C13H5Cl3O3. The molecule has 0 aromatic heterocycles. The van der Waals surface area contributed by atoms with Crippen LogP contribution in [0.2, 0.25) is 15.1 Å². The number of benzene rings is 2. The molecule has 0 atom stereocenters. The van der Waals surface area contributed by atoms with Gasteiger partial charge < -0.3 is 9.47 Å². The molecule has 96 valence electrons. The molecule has 0 aliphatic carbocycles. The maximum atomic E-state index is 11.0. The number of rotatable bonds is 1. The van der Waals surface area contributed by atoms with Crippen LogP contribution >= 0.6 is 34.8 Å². The second-order valence-electron chi connectivity index (χ2n) is 3.86. The molecule has 0 fully saturated rings. The molecular weight excluding hydrogens is 310 g/mol. The lowest BCUT2D eigenvalue weighted by Crippen LogP contribution is -2.02. The maximum Gasteiger partial charge on any atom is 0.180 e. The highest BCUT2D eigenvalue weighted by atomic mass is 35.5. The van der Waals surface area contributed by atoms with Gasteiger partial charge in [-0.1, -0.05) is 34.8 Å². The summed E-state index contributed by atoms with van der Waals surface area (Å²) >= 11 is 17.7. The Hall–Kier alpha value is -1.42. The molecule has 2 aromatic carbocycles. The molecule has 0 N–H and O–H groups in total. The number of hydrogen-bond donors (Lipinski definition) is 0. The molecule has 3 rings (SSSR count). The fourth-order valence-electron chi connectivity index (χ4n) is 1.76. The van der Waals surface area contributed by atoms with E-state index < -0.39 is 0 Å². The lowest BCUT2D eigenvalue weighted by molar-refractivity contribution is 0.112. The molecule has 1 aliphatic heterocycles. The van der Waals surface area contributed by atoms with Crippen LogP contribution in [0.15, 0.2) is 24.3 Å². The van der Waals surface area contributed by atoms with E-state index in [9.17, 15) is 4.79 Å². The van der Waals surface area contributed by atoms with Gasteiger partial charge in [-0.2, -0.15) is 0 Å². The molecule has 0 radical (unpaired) electrons. The minimum atomic E-state index is 0.305. The average molecular weight is 316 g/mol. The lowest BCUT2D eigenvalue weighted by atomic mass is 10.2. The van der Waals surface area contributed by atoms with Crippen LogP contribution in [0.4, 0.5) is 0 Å². The van der Waals surface area contributed by atoms with E-state index in [1.165, 1.54) is 12.1 Å². The highest BCUT2D eigenvalue weighted by molar-refractivity contribution is 6.42. The Labute approximate surface area is 123 Å². The first-order chi connectivity index (χ1) is 9.08. The molecule has 3 nitrogen and oxygen atoms in total. The largest absolute Gasteiger partial charge is 0.449 e. The topological polar surface area (TPSA) is 35.5 Å². The third kappa shape index (κ3) is 2.14. The van der Waals surface area contributed by atoms with Crippen molar-refractivity contribution < 1.29 is 14.3 Å². The Balaban J connectivity index is 2.16. The highest BCUT2D eigenvalue weighted by Gasteiger charge is 2.23. The SMILES string of the molecule is O=Cc1cc(Cl)cc2c1Oc1cc(Cl)c(Cl)cc1O2. The van der Waals surface area contributed by atoms with Gasteiger partial charge in [-0.05, 0) is 6.07 Å². The first-order valence-corrected chi connectivity index (χ1v) is 6.35. The van der Waals surface area contributed by atoms with E-state index in [0.717, 1.165) is 0 Å². The molecule has 0 saturated carbocycles. The third-order valence-electron chi connectivity index (χ3n) is 2.59. The van der Waals surface area contributed by atoms with E-state index in [2.05, 4.69) is 0 Å². The van der Waals surface area contributed by atoms with E-state index in [0.29, 0.717) is 49.9 Å². The lowest BCUT2D eigenvalue weighted by Gasteiger charge is -2.22. The maximum absolute atomic E-state index is 11.0. The van der Waals surface area contributed by atoms with Crippen LogP contribution in [0.3, 0.4) is 0 Å². The molecule has 2 aromatic rings. The standard InChI is InChI=1S/C13H5Cl3O3/c14-7-1-6(5-17)13-12(2-7)18-10-3-8(15)9(16)4-11(10)19-13/h1-5H. The normalized spacial score (nSPS) is 11.9. The van der Waals surface area contributed by atoms with Gasteiger partial charge in [0.2, 0.25) is 0 Å². The van der Waals surface area contributed by atoms with Gasteiger partial charge in [0.15, 0.2) is 29.3 Å². The van der Waals surface area contributed by atoms with E-state index in [-0.39, 0.29) is 0 Å². The van der Waals surface area contributed by atoms with Crippen molar-refractivity contribution in [2.45, 2.75) is 0 Å². The van der Waals surface area contributed by atoms with Gasteiger partial charge in [0.05, 0.1) is 15.6 Å². The zero-order valence-electron chi connectivity index (χ0n) is 9.25. The summed E-state index contributed by atoms with van der Waals surface area (Å²) in [5.41, 5.74) is 0.305. The van der Waals surface area contributed by atoms with E-state index >= 15 is 0 Å². The van der Waals surface area contributed by atoms with Crippen molar-refractivity contribution in [3.05, 3.63) is 44.9 Å². The van der Waals surface area contributed by atoms with Crippen molar-refractivity contribution >= 4 is 41.1 Å². The fraction of sp³-hybridized carbons (Fsp3) is 0. The van der Waals surface area contributed by atoms with Crippen LogP contribution in [0.25, 0.3) is 0 Å². The predicted octanol–water partition coefficient (Wildman–Crippen LogP) is 5.36. The zero-order valence-corrected chi connectivity index (χ0v) is 11.5. The first-order valence-electron chi connectivity index (χ1n) is 5.22. The Kier molecular flexibility index (Phi) is 3.05. The Morgan fingerprint density at radius 1 is 0.842 bits per heavy atom. The van der Waals surface area contributed by atoms with Crippen molar-refractivity contribution in [3.8, 4) is 23.0 Å². The quantitative estimate of drug-likeness (QED) is 0.567. The van der Waals surface area contributed by atoms with Crippen molar-refractivity contribution in [3.63, 3.8) is 0 Å². The summed E-state index contributed by atoms with van der Waals surface area (Å²) in [6.07, 6.45) is 0.649. The van der Waals surface area contributed by atoms with Crippen LogP contribution in [0.1, 0.15) is 10.4 Å². The Morgan fingerprint density at radius 3 is 2.11 bits per heavy atom. The second kappa shape index (κ2) is 4.60. The molecule has 0 saturated heterocycles. The number of fused-ring (bicyclic) bond motifs is 2. The van der Waals surface area contributed by atoms with Gasteiger partial charge >= 0.3 is 0 Å². The van der Waals surface area contributed by atoms with Gasteiger partial charge in [0.1, 0.15) is 0 Å². The number of ether oxygens (including phenoxy) is 2. The molecule has 19 heavy (non-hydrogen) atoms. The summed E-state index contributed by atoms with van der Waals surface area (Å²) in [5, 5.41) is 1.08. The summed E-state index contributed by atoms with van der Waals surface area (Å²) in [6.45, 7) is 0. The molecule has 0 bridgehead atoms. The van der Waals surface area contributed by atoms with Crippen molar-refractivity contribution in [1.29, 1.82) is 0 Å². The van der Waals surface area contributed by atoms with E-state index in [4.69, 9.17) is 44.3 Å². The molecule has 0 amide bonds. The highest BCUT2D eigenvalue weighted by Crippen LogP contribution is 2.49. The van der Waals surface area contributed by atoms with Crippen LogP contribution in [0, 0.1) is 0 Å². The summed E-state index contributed by atoms with van der Waals surface area (Å²) in [4.78, 5) is 11.0. The molecule has 1 aliphatic rings. The predicted molar refractivity (Wildman–Crippen MR) is 73.4 cm³/mol. The summed E-state index contributed by atoms with van der Waals surface area (Å²) in [7, 11) is 0. The number of halogens is 3. The van der Waals surface area contributed by atoms with E-state index in [1.807, 2.05) is 0 Å². The second-order valence-corrected chi connectivity index (χ2v) is 5.11. The monoisotopic (exact) mass is 314 g/mol. The molecule has 0 spiro atoms. The summed E-state index contributed by atoms with van der Waals surface area (Å²) in [6, 6.07) is 6.14. The van der Waals surface area contributed by atoms with Gasteiger partial charge in [-0.3, -0.25) is 4.79 Å². The zero-order chi connectivity index (χ0) is 13.6. The van der Waals surface area contributed by atoms with Gasteiger partial charge in [-0.25, -0.2) is 0 Å². The number of aldehydes is 1. The van der Waals surface area contributed by atoms with Crippen LogP contribution in [-0.2, 0) is 0 Å². The molecule has 6 heteroatoms. The molecule has 1 heterocycles. The van der Waals surface area contributed by atoms with Crippen molar-refractivity contribution in [2.75, 3.05) is 0 Å². The third-order valence-corrected chi connectivity index (χ3v) is 3.53. The minimum Gasteiger partial charge on any atom is -0.449 e. The Bertz CT molecular complexity index is 698. The summed E-state index contributed by atoms with van der Waals surface area (Å²) < 4.78 is 11.3. The van der Waals surface area contributed by atoms with Crippen molar-refractivity contribution in [1.82, 2.24) is 0 Å². The molecule has 0 unspecified atom stereocenters. The van der Waals surface area contributed by atoms with Crippen LogP contribution in [0.5, 0.6) is 23.0 Å². The van der Waals surface area contributed by atoms with Gasteiger partial charge in [0, 0.05) is 23.2 Å². The van der Waals surface area contributed by atoms with Gasteiger partial charge in [-0.15, -0.1) is 0 Å². The minimum absolute atomic E-state index is 0.305. The fourth-order valence-corrected chi connectivity index (χ4v) is 2.28.